The van der Waals surface area contributed by atoms with Crippen LogP contribution in [0.25, 0.3) is 0 Å². The SMILES string of the molecule is CC(=O)OCCOc1ccc(OC(C)=O)ccc1=O. The molecule has 0 atom stereocenters. The molecule has 0 saturated heterocycles. The molecule has 6 heteroatoms. The van der Waals surface area contributed by atoms with Gasteiger partial charge in [0.1, 0.15) is 19.0 Å². The Morgan fingerprint density at radius 2 is 1.68 bits per heavy atom. The van der Waals surface area contributed by atoms with E-state index in [0.717, 1.165) is 0 Å². The molecule has 102 valence electrons. The number of hydrogen-bond acceptors (Lipinski definition) is 6. The molecule has 0 radical (unpaired) electrons. The Morgan fingerprint density at radius 3 is 2.32 bits per heavy atom. The van der Waals surface area contributed by atoms with Crippen LogP contribution in [0.2, 0.25) is 0 Å². The second kappa shape index (κ2) is 7.15. The maximum atomic E-state index is 11.6. The fourth-order valence-corrected chi connectivity index (χ4v) is 1.23. The van der Waals surface area contributed by atoms with E-state index in [1.807, 2.05) is 0 Å². The summed E-state index contributed by atoms with van der Waals surface area (Å²) < 4.78 is 14.7. The summed E-state index contributed by atoms with van der Waals surface area (Å²) in [6.45, 7) is 2.68. The van der Waals surface area contributed by atoms with Crippen LogP contribution in [0.15, 0.2) is 29.1 Å². The number of ether oxygens (including phenoxy) is 3. The van der Waals surface area contributed by atoms with Crippen LogP contribution >= 0.6 is 0 Å². The van der Waals surface area contributed by atoms with Crippen molar-refractivity contribution in [2.45, 2.75) is 13.8 Å². The van der Waals surface area contributed by atoms with E-state index in [0.29, 0.717) is 0 Å². The lowest BCUT2D eigenvalue weighted by Gasteiger charge is -2.03. The van der Waals surface area contributed by atoms with Crippen molar-refractivity contribution in [2.75, 3.05) is 13.2 Å². The molecule has 0 aromatic heterocycles. The molecule has 0 fully saturated rings. The molecule has 1 aromatic carbocycles. The zero-order valence-corrected chi connectivity index (χ0v) is 10.7. The van der Waals surface area contributed by atoms with Crippen LogP contribution in [0.3, 0.4) is 0 Å². The van der Waals surface area contributed by atoms with Crippen molar-refractivity contribution in [2.24, 2.45) is 0 Å². The van der Waals surface area contributed by atoms with E-state index in [1.54, 1.807) is 0 Å². The topological polar surface area (TPSA) is 78.9 Å². The lowest BCUT2D eigenvalue weighted by atomic mass is 10.4. The van der Waals surface area contributed by atoms with Crippen LogP contribution in [-0.4, -0.2) is 25.2 Å². The van der Waals surface area contributed by atoms with Gasteiger partial charge in [0.15, 0.2) is 5.75 Å². The summed E-state index contributed by atoms with van der Waals surface area (Å²) in [5, 5.41) is 0. The maximum absolute atomic E-state index is 11.6. The molecule has 0 heterocycles. The predicted molar refractivity (Wildman–Crippen MR) is 66.1 cm³/mol. The smallest absolute Gasteiger partial charge is 0.308 e. The third-order valence-electron chi connectivity index (χ3n) is 1.95. The van der Waals surface area contributed by atoms with Crippen LogP contribution in [0, 0.1) is 0 Å². The molecule has 0 aliphatic heterocycles. The first kappa shape index (κ1) is 14.7. The average Bonchev–Trinajstić information content (AvgIpc) is 2.48. The molecule has 0 aliphatic rings. The van der Waals surface area contributed by atoms with Gasteiger partial charge in [-0.3, -0.25) is 14.4 Å². The number of hydrogen-bond donors (Lipinski definition) is 0. The third-order valence-corrected chi connectivity index (χ3v) is 1.95. The predicted octanol–water partition coefficient (Wildman–Crippen LogP) is 0.914. The summed E-state index contributed by atoms with van der Waals surface area (Å²) in [5.74, 6) is -0.553. The molecule has 0 unspecified atom stereocenters. The number of carbonyl (C=O) groups is 2. The zero-order valence-electron chi connectivity index (χ0n) is 10.7. The summed E-state index contributed by atoms with van der Waals surface area (Å²) >= 11 is 0. The van der Waals surface area contributed by atoms with Crippen molar-refractivity contribution >= 4 is 11.9 Å². The van der Waals surface area contributed by atoms with Gasteiger partial charge in [-0.15, -0.1) is 0 Å². The summed E-state index contributed by atoms with van der Waals surface area (Å²) in [7, 11) is 0. The highest BCUT2D eigenvalue weighted by atomic mass is 16.6. The summed E-state index contributed by atoms with van der Waals surface area (Å²) in [6.07, 6.45) is 0. The van der Waals surface area contributed by atoms with E-state index in [2.05, 4.69) is 4.74 Å². The molecule has 0 saturated carbocycles. The average molecular weight is 266 g/mol. The van der Waals surface area contributed by atoms with E-state index in [1.165, 1.54) is 38.1 Å². The van der Waals surface area contributed by atoms with Gasteiger partial charge in [-0.05, 0) is 24.3 Å². The van der Waals surface area contributed by atoms with Crippen LogP contribution < -0.4 is 14.9 Å². The summed E-state index contributed by atoms with van der Waals surface area (Å²) in [5.41, 5.74) is -0.360. The fourth-order valence-electron chi connectivity index (χ4n) is 1.23. The molecular weight excluding hydrogens is 252 g/mol. The van der Waals surface area contributed by atoms with Crippen LogP contribution in [0.4, 0.5) is 0 Å². The van der Waals surface area contributed by atoms with E-state index in [9.17, 15) is 14.4 Å². The monoisotopic (exact) mass is 266 g/mol. The number of esters is 2. The Bertz CT molecular complexity index is 523. The molecular formula is C13H14O6. The van der Waals surface area contributed by atoms with Crippen LogP contribution in [-0.2, 0) is 14.3 Å². The van der Waals surface area contributed by atoms with Crippen molar-refractivity contribution in [1.82, 2.24) is 0 Å². The van der Waals surface area contributed by atoms with Gasteiger partial charge in [0.2, 0.25) is 5.43 Å². The highest BCUT2D eigenvalue weighted by molar-refractivity contribution is 5.69. The summed E-state index contributed by atoms with van der Waals surface area (Å²) in [4.78, 5) is 32.9. The van der Waals surface area contributed by atoms with Crippen molar-refractivity contribution in [1.29, 1.82) is 0 Å². The van der Waals surface area contributed by atoms with Gasteiger partial charge in [-0.2, -0.15) is 0 Å². The Morgan fingerprint density at radius 1 is 1.00 bits per heavy atom. The molecule has 0 amide bonds. The normalized spacial score (nSPS) is 9.58. The second-order valence-electron chi connectivity index (χ2n) is 3.58. The van der Waals surface area contributed by atoms with Gasteiger partial charge in [0, 0.05) is 13.8 Å². The lowest BCUT2D eigenvalue weighted by Crippen LogP contribution is -2.12. The minimum Gasteiger partial charge on any atom is -0.486 e. The molecule has 6 nitrogen and oxygen atoms in total. The first-order valence-electron chi connectivity index (χ1n) is 5.58. The Labute approximate surface area is 109 Å². The Hall–Kier alpha value is -2.37. The van der Waals surface area contributed by atoms with Crippen LogP contribution in [0.1, 0.15) is 13.8 Å². The molecule has 1 aromatic rings. The molecule has 0 bridgehead atoms. The van der Waals surface area contributed by atoms with E-state index in [4.69, 9.17) is 9.47 Å². The molecule has 19 heavy (non-hydrogen) atoms. The standard InChI is InChI=1S/C13H14O6/c1-9(14)17-7-8-18-13-6-4-11(19-10(2)15)3-5-12(13)16/h3-6H,7-8H2,1-2H3. The highest BCUT2D eigenvalue weighted by Gasteiger charge is 2.02. The van der Waals surface area contributed by atoms with Gasteiger partial charge in [0.25, 0.3) is 0 Å². The second-order valence-corrected chi connectivity index (χ2v) is 3.58. The molecule has 0 spiro atoms. The number of rotatable bonds is 5. The summed E-state index contributed by atoms with van der Waals surface area (Å²) in [6, 6.07) is 5.46. The first-order chi connectivity index (χ1) is 8.99. The largest absolute Gasteiger partial charge is 0.486 e. The van der Waals surface area contributed by atoms with Crippen molar-refractivity contribution in [3.8, 4) is 11.5 Å². The van der Waals surface area contributed by atoms with Gasteiger partial charge < -0.3 is 14.2 Å². The molecule has 0 aliphatic carbocycles. The van der Waals surface area contributed by atoms with Gasteiger partial charge in [0.05, 0.1) is 0 Å². The van der Waals surface area contributed by atoms with Gasteiger partial charge in [-0.1, -0.05) is 0 Å². The third kappa shape index (κ3) is 5.67. The van der Waals surface area contributed by atoms with E-state index >= 15 is 0 Å². The Balaban J connectivity index is 2.68. The number of carbonyl (C=O) groups excluding carboxylic acids is 2. The maximum Gasteiger partial charge on any atom is 0.308 e. The highest BCUT2D eigenvalue weighted by Crippen LogP contribution is 2.11. The molecule has 1 rings (SSSR count). The van der Waals surface area contributed by atoms with Crippen molar-refractivity contribution in [3.05, 3.63) is 34.5 Å². The first-order valence-corrected chi connectivity index (χ1v) is 5.58. The van der Waals surface area contributed by atoms with Gasteiger partial charge >= 0.3 is 11.9 Å². The zero-order chi connectivity index (χ0) is 14.3. The Kier molecular flexibility index (Phi) is 5.53. The van der Waals surface area contributed by atoms with Crippen molar-refractivity contribution in [3.63, 3.8) is 0 Å². The van der Waals surface area contributed by atoms with E-state index < -0.39 is 11.9 Å². The molecule has 0 N–H and O–H groups in total. The van der Waals surface area contributed by atoms with Crippen molar-refractivity contribution < 1.29 is 23.8 Å². The fraction of sp³-hybridized carbons (Fsp3) is 0.308. The quantitative estimate of drug-likeness (QED) is 0.582. The van der Waals surface area contributed by atoms with E-state index in [-0.39, 0.29) is 30.1 Å². The lowest BCUT2D eigenvalue weighted by molar-refractivity contribution is -0.141. The van der Waals surface area contributed by atoms with Gasteiger partial charge in [-0.25, -0.2) is 0 Å². The minimum atomic E-state index is -0.476. The van der Waals surface area contributed by atoms with Crippen LogP contribution in [0.5, 0.6) is 11.5 Å². The minimum absolute atomic E-state index is 0.0597.